The van der Waals surface area contributed by atoms with Gasteiger partial charge in [0.15, 0.2) is 11.6 Å². The molecular formula is C15H9F2O. The number of hydrogen-bond donors (Lipinski definition) is 0. The van der Waals surface area contributed by atoms with Crippen molar-refractivity contribution in [3.8, 4) is 29.2 Å². The smallest absolute Gasteiger partial charge is 0.166 e. The fourth-order valence-electron chi connectivity index (χ4n) is 1.58. The molecule has 18 heavy (non-hydrogen) atoms. The summed E-state index contributed by atoms with van der Waals surface area (Å²) in [7, 11) is 0. The lowest BCUT2D eigenvalue weighted by atomic mass is 10.0. The van der Waals surface area contributed by atoms with E-state index in [-0.39, 0.29) is 12.2 Å². The molecule has 0 aromatic heterocycles. The topological polar surface area (TPSA) is 9.23 Å². The number of para-hydroxylation sites is 1. The van der Waals surface area contributed by atoms with Crippen LogP contribution in [0.2, 0.25) is 0 Å². The van der Waals surface area contributed by atoms with E-state index in [1.54, 1.807) is 18.2 Å². The molecule has 1 nitrogen and oxygen atoms in total. The van der Waals surface area contributed by atoms with Crippen molar-refractivity contribution in [2.24, 2.45) is 0 Å². The van der Waals surface area contributed by atoms with Gasteiger partial charge in [0.05, 0.1) is 0 Å². The molecule has 0 spiro atoms. The maximum absolute atomic E-state index is 13.7. The minimum absolute atomic E-state index is 0.0461. The van der Waals surface area contributed by atoms with E-state index >= 15 is 0 Å². The van der Waals surface area contributed by atoms with Crippen LogP contribution in [0, 0.1) is 30.0 Å². The average Bonchev–Trinajstić information content (AvgIpc) is 2.40. The predicted molar refractivity (Wildman–Crippen MR) is 65.0 cm³/mol. The molecule has 0 saturated heterocycles. The van der Waals surface area contributed by atoms with Crippen LogP contribution < -0.4 is 4.74 Å². The van der Waals surface area contributed by atoms with E-state index in [4.69, 9.17) is 11.2 Å². The Labute approximate surface area is 104 Å². The summed E-state index contributed by atoms with van der Waals surface area (Å²) in [5.74, 6) is 0.799. The highest BCUT2D eigenvalue weighted by Crippen LogP contribution is 2.31. The van der Waals surface area contributed by atoms with Gasteiger partial charge in [-0.05, 0) is 6.07 Å². The zero-order valence-corrected chi connectivity index (χ0v) is 9.41. The molecule has 0 saturated carbocycles. The van der Waals surface area contributed by atoms with Gasteiger partial charge in [-0.15, -0.1) is 6.42 Å². The van der Waals surface area contributed by atoms with Gasteiger partial charge in [0.25, 0.3) is 0 Å². The van der Waals surface area contributed by atoms with Crippen LogP contribution in [0.1, 0.15) is 0 Å². The molecule has 2 aromatic carbocycles. The van der Waals surface area contributed by atoms with Crippen LogP contribution in [0.25, 0.3) is 11.1 Å². The summed E-state index contributed by atoms with van der Waals surface area (Å²) in [6, 6.07) is 11.7. The molecule has 0 N–H and O–H groups in total. The third-order valence-electron chi connectivity index (χ3n) is 2.36. The first-order chi connectivity index (χ1) is 8.74. The van der Waals surface area contributed by atoms with Crippen LogP contribution in [0.5, 0.6) is 5.75 Å². The molecule has 1 radical (unpaired) electrons. The lowest BCUT2D eigenvalue weighted by molar-refractivity contribution is 0.371. The van der Waals surface area contributed by atoms with Crippen LogP contribution >= 0.6 is 0 Å². The summed E-state index contributed by atoms with van der Waals surface area (Å²) in [4.78, 5) is 0. The zero-order chi connectivity index (χ0) is 13.0. The number of ether oxygens (including phenoxy) is 1. The first kappa shape index (κ1) is 12.1. The standard InChI is InChI=1S/C15H9F2O/c1-2-10-18-14-9-4-3-6-11(14)12-7-5-8-13(16)15(12)17/h1,3-8H,10H2. The fraction of sp³-hybridized carbons (Fsp3) is 0.0667. The van der Waals surface area contributed by atoms with Crippen molar-refractivity contribution in [2.75, 3.05) is 6.61 Å². The minimum atomic E-state index is -0.914. The fourth-order valence-corrected chi connectivity index (χ4v) is 1.58. The van der Waals surface area contributed by atoms with E-state index in [1.165, 1.54) is 12.1 Å². The second kappa shape index (κ2) is 5.33. The van der Waals surface area contributed by atoms with E-state index < -0.39 is 11.6 Å². The van der Waals surface area contributed by atoms with E-state index in [1.807, 2.05) is 0 Å². The SMILES string of the molecule is C#CCOc1[c]cccc1-c1cccc(F)c1F. The van der Waals surface area contributed by atoms with E-state index in [9.17, 15) is 8.78 Å². The molecular weight excluding hydrogens is 234 g/mol. The molecule has 0 aliphatic heterocycles. The highest BCUT2D eigenvalue weighted by molar-refractivity contribution is 5.70. The highest BCUT2D eigenvalue weighted by Gasteiger charge is 2.13. The number of benzene rings is 2. The Morgan fingerprint density at radius 1 is 1.17 bits per heavy atom. The molecule has 0 bridgehead atoms. The van der Waals surface area contributed by atoms with Gasteiger partial charge >= 0.3 is 0 Å². The summed E-state index contributed by atoms with van der Waals surface area (Å²) in [6.07, 6.45) is 5.10. The third kappa shape index (κ3) is 2.33. The van der Waals surface area contributed by atoms with Gasteiger partial charge in [-0.25, -0.2) is 8.78 Å². The largest absolute Gasteiger partial charge is 0.480 e. The van der Waals surface area contributed by atoms with Crippen molar-refractivity contribution in [3.05, 3.63) is 54.1 Å². The molecule has 0 amide bonds. The van der Waals surface area contributed by atoms with Gasteiger partial charge in [-0.1, -0.05) is 36.3 Å². The Hall–Kier alpha value is -2.34. The maximum Gasteiger partial charge on any atom is 0.166 e. The number of halogens is 2. The van der Waals surface area contributed by atoms with Crippen molar-refractivity contribution < 1.29 is 13.5 Å². The molecule has 2 rings (SSSR count). The molecule has 3 heteroatoms. The van der Waals surface area contributed by atoms with Crippen molar-refractivity contribution in [1.29, 1.82) is 0 Å². The molecule has 2 aromatic rings. The average molecular weight is 243 g/mol. The molecule has 0 unspecified atom stereocenters. The van der Waals surface area contributed by atoms with Crippen LogP contribution in [0.3, 0.4) is 0 Å². The third-order valence-corrected chi connectivity index (χ3v) is 2.36. The Morgan fingerprint density at radius 3 is 2.72 bits per heavy atom. The van der Waals surface area contributed by atoms with Gasteiger partial charge in [0.2, 0.25) is 0 Å². The summed E-state index contributed by atoms with van der Waals surface area (Å²) in [5, 5.41) is 0. The van der Waals surface area contributed by atoms with Crippen LogP contribution in [-0.4, -0.2) is 6.61 Å². The van der Waals surface area contributed by atoms with Gasteiger partial charge in [-0.3, -0.25) is 0 Å². The summed E-state index contributed by atoms with van der Waals surface area (Å²) >= 11 is 0. The molecule has 0 heterocycles. The van der Waals surface area contributed by atoms with Crippen LogP contribution in [0.4, 0.5) is 8.78 Å². The second-order valence-corrected chi connectivity index (χ2v) is 3.51. The first-order valence-corrected chi connectivity index (χ1v) is 5.25. The second-order valence-electron chi connectivity index (χ2n) is 3.51. The normalized spacial score (nSPS) is 9.83. The predicted octanol–water partition coefficient (Wildman–Crippen LogP) is 3.44. The molecule has 89 valence electrons. The Balaban J connectivity index is 2.50. The molecule has 0 aliphatic carbocycles. The maximum atomic E-state index is 13.7. The Kier molecular flexibility index (Phi) is 3.59. The summed E-state index contributed by atoms with van der Waals surface area (Å²) in [5.41, 5.74) is 0.545. The minimum Gasteiger partial charge on any atom is -0.480 e. The lowest BCUT2D eigenvalue weighted by Crippen LogP contribution is -1.97. The first-order valence-electron chi connectivity index (χ1n) is 5.25. The lowest BCUT2D eigenvalue weighted by Gasteiger charge is -2.10. The molecule has 0 atom stereocenters. The van der Waals surface area contributed by atoms with E-state index in [0.717, 1.165) is 6.07 Å². The quantitative estimate of drug-likeness (QED) is 0.750. The van der Waals surface area contributed by atoms with Crippen molar-refractivity contribution >= 4 is 0 Å². The van der Waals surface area contributed by atoms with E-state index in [2.05, 4.69) is 12.0 Å². The van der Waals surface area contributed by atoms with Gasteiger partial charge in [0, 0.05) is 17.2 Å². The van der Waals surface area contributed by atoms with Crippen molar-refractivity contribution in [2.45, 2.75) is 0 Å². The van der Waals surface area contributed by atoms with Crippen molar-refractivity contribution in [1.82, 2.24) is 0 Å². The van der Waals surface area contributed by atoms with E-state index in [0.29, 0.717) is 11.3 Å². The molecule has 0 aliphatic rings. The monoisotopic (exact) mass is 243 g/mol. The Bertz CT molecular complexity index is 600. The Morgan fingerprint density at radius 2 is 1.94 bits per heavy atom. The summed E-state index contributed by atoms with van der Waals surface area (Å²) in [6.45, 7) is 0.0461. The van der Waals surface area contributed by atoms with Gasteiger partial charge in [-0.2, -0.15) is 0 Å². The van der Waals surface area contributed by atoms with Crippen molar-refractivity contribution in [3.63, 3.8) is 0 Å². The zero-order valence-electron chi connectivity index (χ0n) is 9.41. The van der Waals surface area contributed by atoms with Gasteiger partial charge < -0.3 is 4.74 Å². The number of hydrogen-bond acceptors (Lipinski definition) is 1. The number of terminal acetylenes is 1. The van der Waals surface area contributed by atoms with Gasteiger partial charge in [0.1, 0.15) is 12.4 Å². The van der Waals surface area contributed by atoms with Crippen LogP contribution in [-0.2, 0) is 0 Å². The summed E-state index contributed by atoms with van der Waals surface area (Å²) < 4.78 is 32.1. The van der Waals surface area contributed by atoms with Crippen LogP contribution in [0.15, 0.2) is 36.4 Å². The molecule has 0 fully saturated rings. The number of rotatable bonds is 3. The highest BCUT2D eigenvalue weighted by atomic mass is 19.2.